The van der Waals surface area contributed by atoms with Gasteiger partial charge in [-0.15, -0.1) is 0 Å². The van der Waals surface area contributed by atoms with Crippen molar-refractivity contribution >= 4 is 22.4 Å². The van der Waals surface area contributed by atoms with E-state index in [1.54, 1.807) is 12.1 Å². The van der Waals surface area contributed by atoms with Gasteiger partial charge in [0.1, 0.15) is 5.82 Å². The topological polar surface area (TPSA) is 81.0 Å². The highest BCUT2D eigenvalue weighted by Crippen LogP contribution is 2.29. The molecule has 0 aliphatic heterocycles. The van der Waals surface area contributed by atoms with Gasteiger partial charge in [-0.2, -0.15) is 0 Å². The molecule has 1 heterocycles. The lowest BCUT2D eigenvalue weighted by atomic mass is 10.1. The molecule has 0 saturated heterocycles. The summed E-state index contributed by atoms with van der Waals surface area (Å²) in [5, 5.41) is 15.6. The lowest BCUT2D eigenvalue weighted by Crippen LogP contribution is -2.16. The monoisotopic (exact) mass is 334 g/mol. The Bertz CT molecular complexity index is 936. The van der Waals surface area contributed by atoms with Gasteiger partial charge in [0.05, 0.1) is 10.4 Å². The summed E-state index contributed by atoms with van der Waals surface area (Å²) in [6.07, 6.45) is 4.76. The summed E-state index contributed by atoms with van der Waals surface area (Å²) in [6, 6.07) is 14.7. The SMILES string of the molecule is O=[N+]([O-])c1cccc(-c2nc(NC3CCCC3)c3ccccc3n2)c1. The fraction of sp³-hybridized carbons (Fsp3) is 0.263. The number of nitro groups is 1. The Kier molecular flexibility index (Phi) is 4.01. The molecule has 1 fully saturated rings. The minimum Gasteiger partial charge on any atom is -0.367 e. The van der Waals surface area contributed by atoms with E-state index in [4.69, 9.17) is 4.98 Å². The van der Waals surface area contributed by atoms with Crippen LogP contribution in [0.1, 0.15) is 25.7 Å². The summed E-state index contributed by atoms with van der Waals surface area (Å²) in [5.74, 6) is 1.31. The Morgan fingerprint density at radius 2 is 1.84 bits per heavy atom. The van der Waals surface area contributed by atoms with Crippen LogP contribution in [0.25, 0.3) is 22.3 Å². The molecule has 1 aliphatic rings. The predicted octanol–water partition coefficient (Wildman–Crippen LogP) is 4.56. The van der Waals surface area contributed by atoms with E-state index in [1.807, 2.05) is 24.3 Å². The summed E-state index contributed by atoms with van der Waals surface area (Å²) in [7, 11) is 0. The Morgan fingerprint density at radius 1 is 1.04 bits per heavy atom. The van der Waals surface area contributed by atoms with Crippen LogP contribution in [0.5, 0.6) is 0 Å². The van der Waals surface area contributed by atoms with Crippen LogP contribution < -0.4 is 5.32 Å². The molecular formula is C19H18N4O2. The molecule has 1 saturated carbocycles. The zero-order chi connectivity index (χ0) is 17.2. The summed E-state index contributed by atoms with van der Waals surface area (Å²) in [6.45, 7) is 0. The van der Waals surface area contributed by atoms with E-state index in [2.05, 4.69) is 10.3 Å². The zero-order valence-electron chi connectivity index (χ0n) is 13.7. The van der Waals surface area contributed by atoms with Gasteiger partial charge in [-0.25, -0.2) is 9.97 Å². The zero-order valence-corrected chi connectivity index (χ0v) is 13.7. The molecule has 1 aliphatic carbocycles. The Balaban J connectivity index is 1.81. The third kappa shape index (κ3) is 3.15. The van der Waals surface area contributed by atoms with E-state index >= 15 is 0 Å². The van der Waals surface area contributed by atoms with Crippen LogP contribution >= 0.6 is 0 Å². The van der Waals surface area contributed by atoms with Crippen molar-refractivity contribution in [2.75, 3.05) is 5.32 Å². The number of benzene rings is 2. The molecule has 0 bridgehead atoms. The third-order valence-electron chi connectivity index (χ3n) is 4.61. The third-order valence-corrected chi connectivity index (χ3v) is 4.61. The van der Waals surface area contributed by atoms with E-state index in [1.165, 1.54) is 25.0 Å². The number of anilines is 1. The smallest absolute Gasteiger partial charge is 0.270 e. The van der Waals surface area contributed by atoms with Crippen LogP contribution in [0.3, 0.4) is 0 Å². The van der Waals surface area contributed by atoms with Crippen molar-refractivity contribution in [2.24, 2.45) is 0 Å². The summed E-state index contributed by atoms with van der Waals surface area (Å²) in [4.78, 5) is 19.9. The Hall–Kier alpha value is -3.02. The van der Waals surface area contributed by atoms with Crippen LogP contribution in [0.15, 0.2) is 48.5 Å². The number of rotatable bonds is 4. The van der Waals surface area contributed by atoms with Gasteiger partial charge in [-0.1, -0.05) is 37.1 Å². The number of aromatic nitrogens is 2. The molecular weight excluding hydrogens is 316 g/mol. The highest BCUT2D eigenvalue weighted by molar-refractivity contribution is 5.90. The number of fused-ring (bicyclic) bond motifs is 1. The maximum atomic E-state index is 11.0. The van der Waals surface area contributed by atoms with E-state index in [-0.39, 0.29) is 5.69 Å². The lowest BCUT2D eigenvalue weighted by molar-refractivity contribution is -0.384. The molecule has 6 nitrogen and oxygen atoms in total. The molecule has 4 rings (SSSR count). The Morgan fingerprint density at radius 3 is 2.64 bits per heavy atom. The van der Waals surface area contributed by atoms with Gasteiger partial charge in [-0.3, -0.25) is 10.1 Å². The average Bonchev–Trinajstić information content (AvgIpc) is 3.15. The first-order valence-electron chi connectivity index (χ1n) is 8.49. The molecule has 0 unspecified atom stereocenters. The minimum atomic E-state index is -0.401. The molecule has 0 radical (unpaired) electrons. The van der Waals surface area contributed by atoms with Gasteiger partial charge >= 0.3 is 0 Å². The highest BCUT2D eigenvalue weighted by atomic mass is 16.6. The quantitative estimate of drug-likeness (QED) is 0.559. The predicted molar refractivity (Wildman–Crippen MR) is 97.5 cm³/mol. The normalized spacial score (nSPS) is 14.7. The van der Waals surface area contributed by atoms with E-state index < -0.39 is 4.92 Å². The van der Waals surface area contributed by atoms with Crippen molar-refractivity contribution < 1.29 is 4.92 Å². The molecule has 3 aromatic rings. The van der Waals surface area contributed by atoms with Gasteiger partial charge in [0, 0.05) is 29.1 Å². The number of nitrogens with one attached hydrogen (secondary N) is 1. The van der Waals surface area contributed by atoms with Crippen LogP contribution in [0, 0.1) is 10.1 Å². The van der Waals surface area contributed by atoms with Gasteiger partial charge in [-0.05, 0) is 25.0 Å². The second-order valence-corrected chi connectivity index (χ2v) is 6.35. The van der Waals surface area contributed by atoms with Gasteiger partial charge in [0.2, 0.25) is 0 Å². The molecule has 0 atom stereocenters. The molecule has 25 heavy (non-hydrogen) atoms. The first-order valence-corrected chi connectivity index (χ1v) is 8.49. The second kappa shape index (κ2) is 6.47. The van der Waals surface area contributed by atoms with Crippen molar-refractivity contribution in [2.45, 2.75) is 31.7 Å². The fourth-order valence-electron chi connectivity index (χ4n) is 3.34. The second-order valence-electron chi connectivity index (χ2n) is 6.35. The molecule has 2 aromatic carbocycles. The van der Waals surface area contributed by atoms with Gasteiger partial charge < -0.3 is 5.32 Å². The molecule has 126 valence electrons. The number of non-ortho nitro benzene ring substituents is 1. The van der Waals surface area contributed by atoms with Crippen LogP contribution in [-0.4, -0.2) is 20.9 Å². The highest BCUT2D eigenvalue weighted by Gasteiger charge is 2.18. The number of para-hydroxylation sites is 1. The van der Waals surface area contributed by atoms with E-state index in [0.29, 0.717) is 17.4 Å². The fourth-order valence-corrected chi connectivity index (χ4v) is 3.34. The Labute approximate surface area is 145 Å². The number of hydrogen-bond donors (Lipinski definition) is 1. The molecule has 1 N–H and O–H groups in total. The maximum Gasteiger partial charge on any atom is 0.270 e. The first kappa shape index (κ1) is 15.5. The minimum absolute atomic E-state index is 0.0413. The first-order chi connectivity index (χ1) is 12.2. The van der Waals surface area contributed by atoms with Crippen molar-refractivity contribution in [1.29, 1.82) is 0 Å². The van der Waals surface area contributed by atoms with E-state index in [0.717, 1.165) is 29.6 Å². The van der Waals surface area contributed by atoms with Crippen molar-refractivity contribution in [1.82, 2.24) is 9.97 Å². The van der Waals surface area contributed by atoms with Gasteiger partial charge in [0.15, 0.2) is 5.82 Å². The summed E-state index contributed by atoms with van der Waals surface area (Å²) < 4.78 is 0. The van der Waals surface area contributed by atoms with Crippen LogP contribution in [-0.2, 0) is 0 Å². The standard InChI is InChI=1S/C19H18N4O2/c24-23(25)15-9-5-6-13(12-15)18-21-17-11-4-3-10-16(17)19(22-18)20-14-7-1-2-8-14/h3-6,9-12,14H,1-2,7-8H2,(H,20,21,22). The van der Waals surface area contributed by atoms with Crippen molar-refractivity contribution in [3.63, 3.8) is 0 Å². The molecule has 0 spiro atoms. The van der Waals surface area contributed by atoms with Crippen molar-refractivity contribution in [3.8, 4) is 11.4 Å². The molecule has 1 aromatic heterocycles. The molecule has 6 heteroatoms. The lowest BCUT2D eigenvalue weighted by Gasteiger charge is -2.15. The van der Waals surface area contributed by atoms with Gasteiger partial charge in [0.25, 0.3) is 5.69 Å². The largest absolute Gasteiger partial charge is 0.367 e. The summed E-state index contributed by atoms with van der Waals surface area (Å²) in [5.41, 5.74) is 1.52. The average molecular weight is 334 g/mol. The number of nitrogens with zero attached hydrogens (tertiary/aromatic N) is 3. The number of hydrogen-bond acceptors (Lipinski definition) is 5. The number of nitro benzene ring substituents is 1. The van der Waals surface area contributed by atoms with Crippen molar-refractivity contribution in [3.05, 3.63) is 58.6 Å². The van der Waals surface area contributed by atoms with Crippen LogP contribution in [0.2, 0.25) is 0 Å². The molecule has 0 amide bonds. The van der Waals surface area contributed by atoms with E-state index in [9.17, 15) is 10.1 Å². The maximum absolute atomic E-state index is 11.0. The summed E-state index contributed by atoms with van der Waals surface area (Å²) >= 11 is 0. The van der Waals surface area contributed by atoms with Crippen LogP contribution in [0.4, 0.5) is 11.5 Å².